The van der Waals surface area contributed by atoms with Crippen LogP contribution < -0.4 is 5.32 Å². The molecular formula is C17H24FN3O4S. The number of carbonyl (C=O) groups is 2. The molecule has 1 aromatic rings. The zero-order valence-electron chi connectivity index (χ0n) is 15.3. The molecule has 0 aliphatic carbocycles. The van der Waals surface area contributed by atoms with Gasteiger partial charge in [-0.1, -0.05) is 12.1 Å². The van der Waals surface area contributed by atoms with Crippen molar-refractivity contribution in [2.75, 3.05) is 19.3 Å². The van der Waals surface area contributed by atoms with E-state index in [1.165, 1.54) is 30.0 Å². The molecule has 1 aromatic carbocycles. The van der Waals surface area contributed by atoms with Crippen LogP contribution in [0.1, 0.15) is 26.3 Å². The van der Waals surface area contributed by atoms with Crippen LogP contribution in [0, 0.1) is 5.82 Å². The molecule has 1 heterocycles. The summed E-state index contributed by atoms with van der Waals surface area (Å²) < 4.78 is 38.4. The van der Waals surface area contributed by atoms with Crippen LogP contribution in [0.5, 0.6) is 0 Å². The number of rotatable bonds is 5. The second kappa shape index (κ2) is 7.32. The summed E-state index contributed by atoms with van der Waals surface area (Å²) in [4.78, 5) is 26.8. The van der Waals surface area contributed by atoms with Crippen LogP contribution in [0.15, 0.2) is 24.3 Å². The molecular weight excluding hydrogens is 361 g/mol. The number of benzene rings is 1. The first kappa shape index (κ1) is 20.3. The summed E-state index contributed by atoms with van der Waals surface area (Å²) >= 11 is 0. The molecule has 9 heteroatoms. The Bertz CT molecular complexity index is 812. The lowest BCUT2D eigenvalue weighted by Gasteiger charge is -2.46. The van der Waals surface area contributed by atoms with Crippen molar-refractivity contribution in [3.05, 3.63) is 35.6 Å². The molecule has 2 rings (SSSR count). The van der Waals surface area contributed by atoms with Crippen LogP contribution in [0.2, 0.25) is 0 Å². The third kappa shape index (κ3) is 4.39. The van der Waals surface area contributed by atoms with Gasteiger partial charge < -0.3 is 10.2 Å². The number of nitrogens with zero attached hydrogens (tertiary/aromatic N) is 2. The van der Waals surface area contributed by atoms with E-state index in [4.69, 9.17) is 0 Å². The minimum absolute atomic E-state index is 0.0101. The van der Waals surface area contributed by atoms with Crippen LogP contribution >= 0.6 is 0 Å². The van der Waals surface area contributed by atoms with Crippen molar-refractivity contribution in [2.45, 2.75) is 38.9 Å². The summed E-state index contributed by atoms with van der Waals surface area (Å²) in [6.45, 7) is 4.58. The monoisotopic (exact) mass is 385 g/mol. The zero-order valence-corrected chi connectivity index (χ0v) is 16.1. The number of nitrogens with one attached hydrogen (secondary N) is 1. The van der Waals surface area contributed by atoms with Crippen molar-refractivity contribution in [1.82, 2.24) is 14.5 Å². The third-order valence-corrected chi connectivity index (χ3v) is 5.50. The van der Waals surface area contributed by atoms with E-state index in [1.807, 2.05) is 0 Å². The van der Waals surface area contributed by atoms with Crippen LogP contribution in [0.25, 0.3) is 0 Å². The predicted octanol–water partition coefficient (Wildman–Crippen LogP) is 0.713. The Morgan fingerprint density at radius 3 is 2.58 bits per heavy atom. The Hall–Kier alpha value is -2.00. The van der Waals surface area contributed by atoms with Gasteiger partial charge in [-0.2, -0.15) is 4.31 Å². The lowest BCUT2D eigenvalue weighted by Crippen LogP contribution is -2.69. The Morgan fingerprint density at radius 1 is 1.38 bits per heavy atom. The highest BCUT2D eigenvalue weighted by atomic mass is 32.2. The van der Waals surface area contributed by atoms with Crippen molar-refractivity contribution in [1.29, 1.82) is 0 Å². The van der Waals surface area contributed by atoms with Crippen molar-refractivity contribution in [2.24, 2.45) is 0 Å². The lowest BCUT2D eigenvalue weighted by molar-refractivity contribution is -0.153. The normalized spacial score (nSPS) is 21.9. The second-order valence-electron chi connectivity index (χ2n) is 7.04. The number of sulfonamides is 1. The molecule has 1 aliphatic heterocycles. The Kier molecular flexibility index (Phi) is 5.72. The SMILES string of the molecule is CC(C)NC(=O)C1(C)CN(S(C)(=O)=O)CC(=O)N1Cc1cccc(F)c1. The van der Waals surface area contributed by atoms with E-state index in [0.717, 1.165) is 10.6 Å². The molecule has 0 bridgehead atoms. The molecule has 1 atom stereocenters. The molecule has 1 N–H and O–H groups in total. The average Bonchev–Trinajstić information content (AvgIpc) is 2.49. The Balaban J connectivity index is 2.42. The summed E-state index contributed by atoms with van der Waals surface area (Å²) in [7, 11) is -3.65. The van der Waals surface area contributed by atoms with Crippen molar-refractivity contribution >= 4 is 21.8 Å². The Labute approximate surface area is 153 Å². The Morgan fingerprint density at radius 2 is 2.04 bits per heavy atom. The molecule has 0 spiro atoms. The van der Waals surface area contributed by atoms with E-state index in [2.05, 4.69) is 5.32 Å². The molecule has 0 saturated carbocycles. The first-order valence-electron chi connectivity index (χ1n) is 8.24. The van der Waals surface area contributed by atoms with Crippen LogP contribution in [0.4, 0.5) is 4.39 Å². The molecule has 144 valence electrons. The molecule has 7 nitrogen and oxygen atoms in total. The first-order chi connectivity index (χ1) is 11.9. The number of amides is 2. The van der Waals surface area contributed by atoms with Gasteiger partial charge in [-0.25, -0.2) is 12.8 Å². The summed E-state index contributed by atoms with van der Waals surface area (Å²) in [6.07, 6.45) is 1.00. The highest BCUT2D eigenvalue weighted by Gasteiger charge is 2.49. The van der Waals surface area contributed by atoms with E-state index in [0.29, 0.717) is 5.56 Å². The van der Waals surface area contributed by atoms with Gasteiger partial charge in [0.1, 0.15) is 11.4 Å². The maximum atomic E-state index is 13.5. The third-order valence-electron chi connectivity index (χ3n) is 4.30. The maximum Gasteiger partial charge on any atom is 0.247 e. The van der Waals surface area contributed by atoms with Crippen LogP contribution in [-0.2, 0) is 26.2 Å². The fraction of sp³-hybridized carbons (Fsp3) is 0.529. The number of carbonyl (C=O) groups excluding carboxylic acids is 2. The topological polar surface area (TPSA) is 86.8 Å². The summed E-state index contributed by atoms with van der Waals surface area (Å²) in [5, 5.41) is 2.74. The molecule has 0 aromatic heterocycles. The minimum atomic E-state index is -3.65. The van der Waals surface area contributed by atoms with Crippen molar-refractivity contribution < 1.29 is 22.4 Å². The van der Waals surface area contributed by atoms with E-state index >= 15 is 0 Å². The van der Waals surface area contributed by atoms with Gasteiger partial charge in [0, 0.05) is 19.1 Å². The summed E-state index contributed by atoms with van der Waals surface area (Å²) in [5.41, 5.74) is -0.885. The lowest BCUT2D eigenvalue weighted by atomic mass is 9.94. The molecule has 2 amide bonds. The standard InChI is InChI=1S/C17H24FN3O4S/c1-12(2)19-16(23)17(3)11-20(26(4,24)25)10-15(22)21(17)9-13-6-5-7-14(18)8-13/h5-8,12H,9-11H2,1-4H3,(H,19,23). The number of hydrogen-bond donors (Lipinski definition) is 1. The summed E-state index contributed by atoms with van der Waals surface area (Å²) in [6, 6.07) is 5.57. The molecule has 0 radical (unpaired) electrons. The van der Waals surface area contributed by atoms with Crippen LogP contribution in [-0.4, -0.2) is 60.4 Å². The average molecular weight is 385 g/mol. The van der Waals surface area contributed by atoms with Gasteiger partial charge in [0.2, 0.25) is 21.8 Å². The quantitative estimate of drug-likeness (QED) is 0.809. The van der Waals surface area contributed by atoms with Gasteiger partial charge in [0.25, 0.3) is 0 Å². The molecule has 1 unspecified atom stereocenters. The highest BCUT2D eigenvalue weighted by Crippen LogP contribution is 2.27. The van der Waals surface area contributed by atoms with Gasteiger partial charge in [0.15, 0.2) is 0 Å². The van der Waals surface area contributed by atoms with Gasteiger partial charge in [-0.05, 0) is 38.5 Å². The zero-order chi connectivity index (χ0) is 19.7. The largest absolute Gasteiger partial charge is 0.352 e. The van der Waals surface area contributed by atoms with Gasteiger partial charge >= 0.3 is 0 Å². The predicted molar refractivity (Wildman–Crippen MR) is 95.1 cm³/mol. The maximum absolute atomic E-state index is 13.5. The number of halogens is 1. The minimum Gasteiger partial charge on any atom is -0.352 e. The van der Waals surface area contributed by atoms with Gasteiger partial charge in [-0.15, -0.1) is 0 Å². The highest BCUT2D eigenvalue weighted by molar-refractivity contribution is 7.88. The van der Waals surface area contributed by atoms with E-state index in [1.54, 1.807) is 19.9 Å². The van der Waals surface area contributed by atoms with E-state index in [-0.39, 0.29) is 25.7 Å². The second-order valence-corrected chi connectivity index (χ2v) is 9.03. The molecule has 1 fully saturated rings. The first-order valence-corrected chi connectivity index (χ1v) is 10.1. The molecule has 1 saturated heterocycles. The van der Waals surface area contributed by atoms with Crippen molar-refractivity contribution in [3.63, 3.8) is 0 Å². The van der Waals surface area contributed by atoms with E-state index < -0.39 is 33.2 Å². The molecule has 26 heavy (non-hydrogen) atoms. The van der Waals surface area contributed by atoms with Gasteiger partial charge in [-0.3, -0.25) is 9.59 Å². The smallest absolute Gasteiger partial charge is 0.247 e. The van der Waals surface area contributed by atoms with Crippen molar-refractivity contribution in [3.8, 4) is 0 Å². The fourth-order valence-corrected chi connectivity index (χ4v) is 3.75. The number of piperazine rings is 1. The van der Waals surface area contributed by atoms with E-state index in [9.17, 15) is 22.4 Å². The van der Waals surface area contributed by atoms with Gasteiger partial charge in [0.05, 0.1) is 12.8 Å². The number of hydrogen-bond acceptors (Lipinski definition) is 4. The van der Waals surface area contributed by atoms with Crippen LogP contribution in [0.3, 0.4) is 0 Å². The summed E-state index contributed by atoms with van der Waals surface area (Å²) in [5.74, 6) is -1.41. The molecule has 1 aliphatic rings. The fourth-order valence-electron chi connectivity index (χ4n) is 2.92.